The van der Waals surface area contributed by atoms with Crippen LogP contribution in [0.15, 0.2) is 65.7 Å². The third-order valence-corrected chi connectivity index (χ3v) is 5.52. The van der Waals surface area contributed by atoms with Gasteiger partial charge in [-0.05, 0) is 30.5 Å². The van der Waals surface area contributed by atoms with E-state index in [1.54, 1.807) is 24.3 Å². The van der Waals surface area contributed by atoms with Crippen molar-refractivity contribution in [2.24, 2.45) is 12.0 Å². The molecule has 0 saturated heterocycles. The summed E-state index contributed by atoms with van der Waals surface area (Å²) in [6, 6.07) is 18.9. The first-order chi connectivity index (χ1) is 12.5. The van der Waals surface area contributed by atoms with Crippen LogP contribution in [0, 0.1) is 0 Å². The summed E-state index contributed by atoms with van der Waals surface area (Å²) in [5.74, 6) is -0.338. The molecule has 1 heterocycles. The van der Waals surface area contributed by atoms with Crippen LogP contribution in [0.3, 0.4) is 0 Å². The zero-order valence-corrected chi connectivity index (χ0v) is 15.2. The molecule has 1 aromatic heterocycles. The number of carbonyl (C=O) groups excluding carboxylic acids is 2. The summed E-state index contributed by atoms with van der Waals surface area (Å²) < 4.78 is 3.05. The number of nitrogens with zero attached hydrogens (tertiary/aromatic N) is 2. The number of hydrogen-bond acceptors (Lipinski definition) is 3. The minimum atomic E-state index is -0.313. The Morgan fingerprint density at radius 2 is 1.62 bits per heavy atom. The molecule has 128 valence electrons. The maximum Gasteiger partial charge on any atom is 0.279 e. The summed E-state index contributed by atoms with van der Waals surface area (Å²) in [4.78, 5) is 28.8. The predicted octanol–water partition coefficient (Wildman–Crippen LogP) is 4.34. The smallest absolute Gasteiger partial charge is 0.279 e. The molecule has 4 nitrogen and oxygen atoms in total. The molecule has 0 aliphatic heterocycles. The number of amides is 1. The van der Waals surface area contributed by atoms with E-state index >= 15 is 0 Å². The number of benzene rings is 3. The molecular weight excluding hydrogens is 344 g/mol. The fourth-order valence-electron chi connectivity index (χ4n) is 3.02. The van der Waals surface area contributed by atoms with E-state index in [1.165, 1.54) is 18.3 Å². The van der Waals surface area contributed by atoms with Gasteiger partial charge in [-0.1, -0.05) is 53.8 Å². The summed E-state index contributed by atoms with van der Waals surface area (Å²) in [5.41, 5.74) is 2.13. The topological polar surface area (TPSA) is 51.4 Å². The van der Waals surface area contributed by atoms with Gasteiger partial charge >= 0.3 is 0 Å². The van der Waals surface area contributed by atoms with Crippen LogP contribution in [0.4, 0.5) is 0 Å². The van der Waals surface area contributed by atoms with Gasteiger partial charge in [0.1, 0.15) is 0 Å². The number of thiazole rings is 1. The Kier molecular flexibility index (Phi) is 4.01. The molecule has 0 atom stereocenters. The molecule has 4 aromatic rings. The van der Waals surface area contributed by atoms with E-state index in [4.69, 9.17) is 0 Å². The van der Waals surface area contributed by atoms with Crippen molar-refractivity contribution in [3.05, 3.63) is 76.6 Å². The van der Waals surface area contributed by atoms with Crippen LogP contribution in [0.5, 0.6) is 0 Å². The number of Topliss-reactive ketones (excluding diaryl/α,β-unsaturated/α-hetero) is 1. The lowest BCUT2D eigenvalue weighted by molar-refractivity contribution is 0.0991. The van der Waals surface area contributed by atoms with E-state index in [9.17, 15) is 9.59 Å². The summed E-state index contributed by atoms with van der Waals surface area (Å²) >= 11 is 1.49. The Balaban J connectivity index is 1.83. The standard InChI is InChI=1S/C21H16N2O2S/c1-13(24)14-7-9-16(10-8-14)20(25)22-21-23(2)19-17-6-4-3-5-15(17)11-12-18(19)26-21/h3-12H,1-2H3. The van der Waals surface area contributed by atoms with Crippen molar-refractivity contribution < 1.29 is 9.59 Å². The Morgan fingerprint density at radius 3 is 2.35 bits per heavy atom. The van der Waals surface area contributed by atoms with Gasteiger partial charge < -0.3 is 4.57 Å². The average Bonchev–Trinajstić information content (AvgIpc) is 2.98. The summed E-state index contributed by atoms with van der Waals surface area (Å²) in [7, 11) is 1.93. The van der Waals surface area contributed by atoms with Gasteiger partial charge in [-0.25, -0.2) is 0 Å². The molecule has 3 aromatic carbocycles. The van der Waals surface area contributed by atoms with Crippen LogP contribution in [0.25, 0.3) is 21.0 Å². The Hall–Kier alpha value is -3.05. The minimum Gasteiger partial charge on any atom is -0.319 e. The third kappa shape index (κ3) is 2.76. The zero-order chi connectivity index (χ0) is 18.3. The molecule has 1 amide bonds. The van der Waals surface area contributed by atoms with Crippen LogP contribution in [0.2, 0.25) is 0 Å². The number of rotatable bonds is 2. The fourth-order valence-corrected chi connectivity index (χ4v) is 4.06. The molecule has 0 aliphatic rings. The first-order valence-corrected chi connectivity index (χ1v) is 9.03. The molecule has 0 radical (unpaired) electrons. The second-order valence-electron chi connectivity index (χ2n) is 6.13. The van der Waals surface area contributed by atoms with Crippen LogP contribution in [0.1, 0.15) is 27.6 Å². The molecule has 26 heavy (non-hydrogen) atoms. The summed E-state index contributed by atoms with van der Waals surface area (Å²) in [5, 5.41) is 2.30. The molecule has 0 unspecified atom stereocenters. The number of aryl methyl sites for hydroxylation is 1. The normalized spacial score (nSPS) is 12.0. The minimum absolute atomic E-state index is 0.0243. The molecule has 0 spiro atoms. The molecule has 0 saturated carbocycles. The maximum absolute atomic E-state index is 12.5. The molecular formula is C21H16N2O2S. The zero-order valence-electron chi connectivity index (χ0n) is 14.4. The second kappa shape index (κ2) is 6.35. The highest BCUT2D eigenvalue weighted by molar-refractivity contribution is 7.16. The van der Waals surface area contributed by atoms with Crippen LogP contribution < -0.4 is 4.80 Å². The van der Waals surface area contributed by atoms with E-state index in [2.05, 4.69) is 29.3 Å². The van der Waals surface area contributed by atoms with Crippen LogP contribution in [-0.4, -0.2) is 16.3 Å². The van der Waals surface area contributed by atoms with Crippen molar-refractivity contribution in [1.29, 1.82) is 0 Å². The van der Waals surface area contributed by atoms with Crippen molar-refractivity contribution in [2.45, 2.75) is 6.92 Å². The van der Waals surface area contributed by atoms with E-state index in [0.717, 1.165) is 21.0 Å². The number of fused-ring (bicyclic) bond motifs is 3. The average molecular weight is 360 g/mol. The maximum atomic E-state index is 12.5. The van der Waals surface area contributed by atoms with Gasteiger partial charge in [0, 0.05) is 23.6 Å². The van der Waals surface area contributed by atoms with Gasteiger partial charge in [-0.15, -0.1) is 0 Å². The van der Waals surface area contributed by atoms with Crippen LogP contribution in [-0.2, 0) is 7.05 Å². The van der Waals surface area contributed by atoms with Gasteiger partial charge in [0.15, 0.2) is 10.6 Å². The number of hydrogen-bond donors (Lipinski definition) is 0. The second-order valence-corrected chi connectivity index (χ2v) is 7.14. The van der Waals surface area contributed by atoms with Gasteiger partial charge in [0.25, 0.3) is 5.91 Å². The van der Waals surface area contributed by atoms with Crippen molar-refractivity contribution in [3.8, 4) is 0 Å². The van der Waals surface area contributed by atoms with E-state index < -0.39 is 0 Å². The number of carbonyl (C=O) groups is 2. The highest BCUT2D eigenvalue weighted by Crippen LogP contribution is 2.26. The van der Waals surface area contributed by atoms with Gasteiger partial charge in [0.2, 0.25) is 0 Å². The molecule has 0 aliphatic carbocycles. The first-order valence-electron chi connectivity index (χ1n) is 8.22. The van der Waals surface area contributed by atoms with Gasteiger partial charge in [-0.3, -0.25) is 9.59 Å². The van der Waals surface area contributed by atoms with Crippen molar-refractivity contribution >= 4 is 44.0 Å². The lowest BCUT2D eigenvalue weighted by atomic mass is 10.1. The van der Waals surface area contributed by atoms with E-state index in [0.29, 0.717) is 15.9 Å². The molecule has 0 N–H and O–H groups in total. The number of aromatic nitrogens is 1. The first kappa shape index (κ1) is 16.4. The Morgan fingerprint density at radius 1 is 0.923 bits per heavy atom. The highest BCUT2D eigenvalue weighted by Gasteiger charge is 2.10. The quantitative estimate of drug-likeness (QED) is 0.499. The van der Waals surface area contributed by atoms with Crippen molar-refractivity contribution in [1.82, 2.24) is 4.57 Å². The summed E-state index contributed by atoms with van der Waals surface area (Å²) in [6.45, 7) is 1.50. The van der Waals surface area contributed by atoms with Crippen LogP contribution >= 0.6 is 11.3 Å². The van der Waals surface area contributed by atoms with Gasteiger partial charge in [-0.2, -0.15) is 4.99 Å². The largest absolute Gasteiger partial charge is 0.319 e. The SMILES string of the molecule is CC(=O)c1ccc(C(=O)N=c2sc3ccc4ccccc4c3n2C)cc1. The van der Waals surface area contributed by atoms with Gasteiger partial charge in [0.05, 0.1) is 10.2 Å². The lowest BCUT2D eigenvalue weighted by Gasteiger charge is -2.01. The fraction of sp³-hybridized carbons (Fsp3) is 0.0952. The van der Waals surface area contributed by atoms with Crippen molar-refractivity contribution in [3.63, 3.8) is 0 Å². The van der Waals surface area contributed by atoms with Crippen molar-refractivity contribution in [2.75, 3.05) is 0 Å². The lowest BCUT2D eigenvalue weighted by Crippen LogP contribution is -2.13. The Bertz CT molecular complexity index is 1230. The van der Waals surface area contributed by atoms with E-state index in [1.807, 2.05) is 23.7 Å². The molecule has 5 heteroatoms. The predicted molar refractivity (Wildman–Crippen MR) is 105 cm³/mol. The monoisotopic (exact) mass is 360 g/mol. The summed E-state index contributed by atoms with van der Waals surface area (Å²) in [6.07, 6.45) is 0. The number of ketones is 1. The molecule has 0 bridgehead atoms. The third-order valence-electron chi connectivity index (χ3n) is 4.42. The van der Waals surface area contributed by atoms with E-state index in [-0.39, 0.29) is 11.7 Å². The Labute approximate surface area is 154 Å². The molecule has 0 fully saturated rings. The highest BCUT2D eigenvalue weighted by atomic mass is 32.1. The molecule has 4 rings (SSSR count).